The third-order valence-electron chi connectivity index (χ3n) is 4.65. The Hall–Kier alpha value is -2.07. The first-order chi connectivity index (χ1) is 11.6. The molecule has 4 heteroatoms. The highest BCUT2D eigenvalue weighted by Crippen LogP contribution is 2.22. The van der Waals surface area contributed by atoms with E-state index in [0.29, 0.717) is 0 Å². The second-order valence-corrected chi connectivity index (χ2v) is 6.89. The number of anilines is 2. The SMILES string of the molecule is Cc1ccccc1N1CCN(C(=S)c2ccc(N(C)C)cc2)CC1. The highest BCUT2D eigenvalue weighted by Gasteiger charge is 2.20. The van der Waals surface area contributed by atoms with Gasteiger partial charge in [-0.1, -0.05) is 30.4 Å². The first-order valence-corrected chi connectivity index (χ1v) is 8.84. The molecule has 0 radical (unpaired) electrons. The van der Waals surface area contributed by atoms with Gasteiger partial charge in [0.15, 0.2) is 0 Å². The van der Waals surface area contributed by atoms with Crippen molar-refractivity contribution in [1.29, 1.82) is 0 Å². The summed E-state index contributed by atoms with van der Waals surface area (Å²) in [6.45, 7) is 6.16. The molecule has 0 bridgehead atoms. The smallest absolute Gasteiger partial charge is 0.109 e. The zero-order valence-corrected chi connectivity index (χ0v) is 15.5. The minimum absolute atomic E-state index is 0.963. The number of piperazine rings is 1. The van der Waals surface area contributed by atoms with E-state index in [-0.39, 0.29) is 0 Å². The lowest BCUT2D eigenvalue weighted by atomic mass is 10.1. The molecule has 1 fully saturated rings. The van der Waals surface area contributed by atoms with E-state index in [1.165, 1.54) is 16.9 Å². The van der Waals surface area contributed by atoms with Crippen LogP contribution in [0.5, 0.6) is 0 Å². The van der Waals surface area contributed by atoms with Crippen LogP contribution in [0.4, 0.5) is 11.4 Å². The minimum Gasteiger partial charge on any atom is -0.378 e. The molecule has 0 aliphatic carbocycles. The molecule has 0 unspecified atom stereocenters. The van der Waals surface area contributed by atoms with E-state index in [2.05, 4.69) is 84.2 Å². The summed E-state index contributed by atoms with van der Waals surface area (Å²) >= 11 is 5.72. The molecule has 0 atom stereocenters. The average molecular weight is 340 g/mol. The fourth-order valence-electron chi connectivity index (χ4n) is 3.15. The van der Waals surface area contributed by atoms with Crippen LogP contribution < -0.4 is 9.80 Å². The maximum atomic E-state index is 5.72. The van der Waals surface area contributed by atoms with Crippen molar-refractivity contribution in [2.24, 2.45) is 0 Å². The van der Waals surface area contributed by atoms with Gasteiger partial charge in [-0.2, -0.15) is 0 Å². The average Bonchev–Trinajstić information content (AvgIpc) is 2.62. The van der Waals surface area contributed by atoms with E-state index in [4.69, 9.17) is 12.2 Å². The van der Waals surface area contributed by atoms with Gasteiger partial charge in [0.05, 0.1) is 0 Å². The third kappa shape index (κ3) is 3.54. The topological polar surface area (TPSA) is 9.72 Å². The molecule has 2 aromatic carbocycles. The van der Waals surface area contributed by atoms with Crippen molar-refractivity contribution in [2.45, 2.75) is 6.92 Å². The predicted octanol–water partition coefficient (Wildman–Crippen LogP) is 3.56. The van der Waals surface area contributed by atoms with Gasteiger partial charge >= 0.3 is 0 Å². The Morgan fingerprint density at radius 3 is 2.12 bits per heavy atom. The fraction of sp³-hybridized carbons (Fsp3) is 0.350. The number of para-hydroxylation sites is 1. The molecule has 0 N–H and O–H groups in total. The normalized spacial score (nSPS) is 14.6. The molecule has 1 aliphatic rings. The summed E-state index contributed by atoms with van der Waals surface area (Å²) in [4.78, 5) is 7.86. The molecule has 2 aromatic rings. The Balaban J connectivity index is 1.64. The second-order valence-electron chi connectivity index (χ2n) is 6.51. The van der Waals surface area contributed by atoms with Gasteiger partial charge in [-0.3, -0.25) is 0 Å². The van der Waals surface area contributed by atoms with Crippen molar-refractivity contribution in [3.63, 3.8) is 0 Å². The maximum Gasteiger partial charge on any atom is 0.109 e. The molecule has 24 heavy (non-hydrogen) atoms. The summed E-state index contributed by atoms with van der Waals surface area (Å²) in [6.07, 6.45) is 0. The molecule has 1 saturated heterocycles. The summed E-state index contributed by atoms with van der Waals surface area (Å²) in [5, 5.41) is 0. The number of hydrogen-bond donors (Lipinski definition) is 0. The van der Waals surface area contributed by atoms with Crippen molar-refractivity contribution < 1.29 is 0 Å². The second kappa shape index (κ2) is 7.22. The van der Waals surface area contributed by atoms with E-state index in [1.807, 2.05) is 0 Å². The molecule has 126 valence electrons. The van der Waals surface area contributed by atoms with E-state index in [1.54, 1.807) is 0 Å². The van der Waals surface area contributed by atoms with Crippen LogP contribution in [-0.4, -0.2) is 50.2 Å². The summed E-state index contributed by atoms with van der Waals surface area (Å²) in [5.41, 5.74) is 5.03. The lowest BCUT2D eigenvalue weighted by Gasteiger charge is -2.38. The molecular formula is C20H25N3S. The molecule has 0 saturated carbocycles. The van der Waals surface area contributed by atoms with E-state index >= 15 is 0 Å². The van der Waals surface area contributed by atoms with Gasteiger partial charge in [0.2, 0.25) is 0 Å². The van der Waals surface area contributed by atoms with Crippen molar-refractivity contribution in [3.05, 3.63) is 59.7 Å². The fourth-order valence-corrected chi connectivity index (χ4v) is 3.47. The van der Waals surface area contributed by atoms with Crippen molar-refractivity contribution in [1.82, 2.24) is 4.90 Å². The van der Waals surface area contributed by atoms with Crippen LogP contribution in [0, 0.1) is 6.92 Å². The van der Waals surface area contributed by atoms with Crippen molar-refractivity contribution >= 4 is 28.6 Å². The van der Waals surface area contributed by atoms with Gasteiger partial charge in [0.25, 0.3) is 0 Å². The molecular weight excluding hydrogens is 314 g/mol. The maximum absolute atomic E-state index is 5.72. The largest absolute Gasteiger partial charge is 0.378 e. The first-order valence-electron chi connectivity index (χ1n) is 8.43. The van der Waals surface area contributed by atoms with Crippen molar-refractivity contribution in [3.8, 4) is 0 Å². The van der Waals surface area contributed by atoms with E-state index < -0.39 is 0 Å². The molecule has 0 spiro atoms. The summed E-state index contributed by atoms with van der Waals surface area (Å²) in [6, 6.07) is 17.1. The van der Waals surface area contributed by atoms with Crippen LogP contribution in [0.15, 0.2) is 48.5 Å². The van der Waals surface area contributed by atoms with Gasteiger partial charge in [0.1, 0.15) is 4.99 Å². The molecule has 1 aliphatic heterocycles. The van der Waals surface area contributed by atoms with Gasteiger partial charge in [-0.15, -0.1) is 0 Å². The minimum atomic E-state index is 0.963. The Kier molecular flexibility index (Phi) is 5.05. The predicted molar refractivity (Wildman–Crippen MR) is 107 cm³/mol. The molecule has 0 aromatic heterocycles. The van der Waals surface area contributed by atoms with Crippen LogP contribution in [0.1, 0.15) is 11.1 Å². The zero-order valence-electron chi connectivity index (χ0n) is 14.7. The lowest BCUT2D eigenvalue weighted by Crippen LogP contribution is -2.48. The monoisotopic (exact) mass is 339 g/mol. The summed E-state index contributed by atoms with van der Waals surface area (Å²) < 4.78 is 0. The van der Waals surface area contributed by atoms with Crippen LogP contribution in [0.2, 0.25) is 0 Å². The van der Waals surface area contributed by atoms with E-state index in [0.717, 1.165) is 36.7 Å². The van der Waals surface area contributed by atoms with Gasteiger partial charge in [-0.25, -0.2) is 0 Å². The number of benzene rings is 2. The number of nitrogens with zero attached hydrogens (tertiary/aromatic N) is 3. The molecule has 3 rings (SSSR count). The van der Waals surface area contributed by atoms with Gasteiger partial charge < -0.3 is 14.7 Å². The van der Waals surface area contributed by atoms with Gasteiger partial charge in [-0.05, 0) is 42.8 Å². The van der Waals surface area contributed by atoms with Crippen molar-refractivity contribution in [2.75, 3.05) is 50.1 Å². The number of thiocarbonyl (C=S) groups is 1. The lowest BCUT2D eigenvalue weighted by molar-refractivity contribution is 0.392. The summed E-state index contributed by atoms with van der Waals surface area (Å²) in [5.74, 6) is 0. The molecule has 0 amide bonds. The van der Waals surface area contributed by atoms with Crippen LogP contribution in [0.3, 0.4) is 0 Å². The number of rotatable bonds is 3. The Bertz CT molecular complexity index is 701. The summed E-state index contributed by atoms with van der Waals surface area (Å²) in [7, 11) is 4.11. The molecule has 1 heterocycles. The Labute approximate surface area is 150 Å². The van der Waals surface area contributed by atoms with E-state index in [9.17, 15) is 0 Å². The Morgan fingerprint density at radius 2 is 1.54 bits per heavy atom. The third-order valence-corrected chi connectivity index (χ3v) is 5.15. The highest BCUT2D eigenvalue weighted by molar-refractivity contribution is 7.80. The molecule has 3 nitrogen and oxygen atoms in total. The van der Waals surface area contributed by atoms with Gasteiger partial charge in [0, 0.05) is 57.2 Å². The zero-order chi connectivity index (χ0) is 17.1. The van der Waals surface area contributed by atoms with Crippen LogP contribution in [0.25, 0.3) is 0 Å². The van der Waals surface area contributed by atoms with Crippen LogP contribution in [-0.2, 0) is 0 Å². The van der Waals surface area contributed by atoms with Crippen LogP contribution >= 0.6 is 12.2 Å². The number of aryl methyl sites for hydroxylation is 1. The number of hydrogen-bond acceptors (Lipinski definition) is 3. The quantitative estimate of drug-likeness (QED) is 0.791. The Morgan fingerprint density at radius 1 is 0.917 bits per heavy atom. The standard InChI is InChI=1S/C20H25N3S/c1-16-6-4-5-7-19(16)22-12-14-23(15-13-22)20(24)17-8-10-18(11-9-17)21(2)3/h4-11H,12-15H2,1-3H3. The highest BCUT2D eigenvalue weighted by atomic mass is 32.1. The first kappa shape index (κ1) is 16.8.